The van der Waals surface area contributed by atoms with Crippen molar-refractivity contribution in [1.82, 2.24) is 4.98 Å². The van der Waals surface area contributed by atoms with Crippen molar-refractivity contribution < 1.29 is 14.3 Å². The van der Waals surface area contributed by atoms with Gasteiger partial charge in [-0.05, 0) is 12.1 Å². The molecule has 0 radical (unpaired) electrons. The third kappa shape index (κ3) is 2.15. The van der Waals surface area contributed by atoms with Gasteiger partial charge in [-0.15, -0.1) is 0 Å². The highest BCUT2D eigenvalue weighted by molar-refractivity contribution is 5.79. The number of ketones is 1. The van der Waals surface area contributed by atoms with Crippen molar-refractivity contribution in [1.29, 1.82) is 0 Å². The van der Waals surface area contributed by atoms with Crippen LogP contribution in [-0.2, 0) is 9.53 Å². The fourth-order valence-corrected chi connectivity index (χ4v) is 1.70. The van der Waals surface area contributed by atoms with Gasteiger partial charge < -0.3 is 9.47 Å². The van der Waals surface area contributed by atoms with E-state index in [0.29, 0.717) is 25.3 Å². The second kappa shape index (κ2) is 4.40. The van der Waals surface area contributed by atoms with Gasteiger partial charge in [0.1, 0.15) is 5.78 Å². The molecule has 1 aliphatic heterocycles. The van der Waals surface area contributed by atoms with Crippen LogP contribution in [0, 0.1) is 0 Å². The zero-order valence-electron chi connectivity index (χ0n) is 8.60. The van der Waals surface area contributed by atoms with E-state index in [1.165, 1.54) is 0 Å². The molecule has 1 aliphatic rings. The lowest BCUT2D eigenvalue weighted by Crippen LogP contribution is -2.20. The van der Waals surface area contributed by atoms with Crippen LogP contribution in [-0.4, -0.2) is 24.5 Å². The Balaban J connectivity index is 2.24. The predicted octanol–water partition coefficient (Wildman–Crippen LogP) is 1.51. The Labute approximate surface area is 88.2 Å². The summed E-state index contributed by atoms with van der Waals surface area (Å²) in [5, 5.41) is 0. The highest BCUT2D eigenvalue weighted by atomic mass is 16.5. The van der Waals surface area contributed by atoms with Gasteiger partial charge in [0.2, 0.25) is 5.88 Å². The molecule has 1 aromatic rings. The molecule has 1 fully saturated rings. The average molecular weight is 207 g/mol. The summed E-state index contributed by atoms with van der Waals surface area (Å²) in [5.41, 5.74) is 0.855. The fourth-order valence-electron chi connectivity index (χ4n) is 1.70. The van der Waals surface area contributed by atoms with E-state index in [9.17, 15) is 4.79 Å². The van der Waals surface area contributed by atoms with Gasteiger partial charge in [0.05, 0.1) is 19.8 Å². The minimum Gasteiger partial charge on any atom is -0.481 e. The van der Waals surface area contributed by atoms with Gasteiger partial charge in [-0.2, -0.15) is 0 Å². The van der Waals surface area contributed by atoms with E-state index >= 15 is 0 Å². The molecule has 0 spiro atoms. The van der Waals surface area contributed by atoms with Crippen molar-refractivity contribution in [2.45, 2.75) is 18.9 Å². The smallest absolute Gasteiger partial charge is 0.218 e. The first kappa shape index (κ1) is 10.1. The standard InChI is InChI=1S/C11H13NO3/c1-14-11-9(3-2-5-12-11)10-7-8(13)4-6-15-10/h2-3,5,10H,4,6-7H2,1H3. The molecule has 1 aromatic heterocycles. The number of methoxy groups -OCH3 is 1. The van der Waals surface area contributed by atoms with Crippen LogP contribution in [0.4, 0.5) is 0 Å². The molecule has 4 heteroatoms. The van der Waals surface area contributed by atoms with E-state index in [-0.39, 0.29) is 11.9 Å². The van der Waals surface area contributed by atoms with Gasteiger partial charge in [0, 0.05) is 24.6 Å². The largest absolute Gasteiger partial charge is 0.481 e. The summed E-state index contributed by atoms with van der Waals surface area (Å²) < 4.78 is 10.7. The summed E-state index contributed by atoms with van der Waals surface area (Å²) in [7, 11) is 1.57. The molecule has 80 valence electrons. The zero-order valence-corrected chi connectivity index (χ0v) is 8.60. The van der Waals surface area contributed by atoms with Crippen molar-refractivity contribution >= 4 is 5.78 Å². The summed E-state index contributed by atoms with van der Waals surface area (Å²) in [6.45, 7) is 0.488. The normalized spacial score (nSPS) is 21.4. The van der Waals surface area contributed by atoms with Gasteiger partial charge in [0.25, 0.3) is 0 Å². The van der Waals surface area contributed by atoms with Crippen LogP contribution in [0.5, 0.6) is 5.88 Å². The third-order valence-corrected chi connectivity index (χ3v) is 2.45. The topological polar surface area (TPSA) is 48.4 Å². The van der Waals surface area contributed by atoms with E-state index in [1.54, 1.807) is 13.3 Å². The van der Waals surface area contributed by atoms with Gasteiger partial charge >= 0.3 is 0 Å². The number of Topliss-reactive ketones (excluding diaryl/α,β-unsaturated/α-hetero) is 1. The van der Waals surface area contributed by atoms with Crippen LogP contribution in [0.2, 0.25) is 0 Å². The number of pyridine rings is 1. The third-order valence-electron chi connectivity index (χ3n) is 2.45. The van der Waals surface area contributed by atoms with Crippen LogP contribution in [0.15, 0.2) is 18.3 Å². The molecule has 1 unspecified atom stereocenters. The lowest BCUT2D eigenvalue weighted by Gasteiger charge is -2.22. The zero-order chi connectivity index (χ0) is 10.7. The molecule has 0 aromatic carbocycles. The Morgan fingerprint density at radius 3 is 3.20 bits per heavy atom. The average Bonchev–Trinajstić information content (AvgIpc) is 2.29. The van der Waals surface area contributed by atoms with Crippen LogP contribution in [0.1, 0.15) is 24.5 Å². The Kier molecular flexibility index (Phi) is 2.97. The van der Waals surface area contributed by atoms with Crippen LogP contribution >= 0.6 is 0 Å². The number of hydrogen-bond donors (Lipinski definition) is 0. The highest BCUT2D eigenvalue weighted by Crippen LogP contribution is 2.30. The molecular formula is C11H13NO3. The summed E-state index contributed by atoms with van der Waals surface area (Å²) in [5.74, 6) is 0.773. The van der Waals surface area contributed by atoms with Gasteiger partial charge in [-0.3, -0.25) is 4.79 Å². The molecule has 2 heterocycles. The molecule has 0 saturated carbocycles. The Morgan fingerprint density at radius 1 is 1.60 bits per heavy atom. The number of nitrogens with zero attached hydrogens (tertiary/aromatic N) is 1. The van der Waals surface area contributed by atoms with E-state index in [1.807, 2.05) is 12.1 Å². The molecular weight excluding hydrogens is 194 g/mol. The number of carbonyl (C=O) groups excluding carboxylic acids is 1. The van der Waals surface area contributed by atoms with Crippen LogP contribution in [0.3, 0.4) is 0 Å². The summed E-state index contributed by atoms with van der Waals surface area (Å²) in [4.78, 5) is 15.4. The Hall–Kier alpha value is -1.42. The van der Waals surface area contributed by atoms with Crippen molar-refractivity contribution in [3.63, 3.8) is 0 Å². The molecule has 1 atom stereocenters. The first-order chi connectivity index (χ1) is 7.31. The SMILES string of the molecule is COc1ncccc1C1CC(=O)CCO1. The molecule has 15 heavy (non-hydrogen) atoms. The Bertz CT molecular complexity index is 365. The van der Waals surface area contributed by atoms with Gasteiger partial charge in [-0.25, -0.2) is 4.98 Å². The maximum absolute atomic E-state index is 11.3. The molecule has 0 amide bonds. The van der Waals surface area contributed by atoms with Gasteiger partial charge in [0.15, 0.2) is 0 Å². The Morgan fingerprint density at radius 2 is 2.47 bits per heavy atom. The summed E-state index contributed by atoms with van der Waals surface area (Å²) in [6, 6.07) is 3.70. The molecule has 0 bridgehead atoms. The number of rotatable bonds is 2. The molecule has 0 aliphatic carbocycles. The monoisotopic (exact) mass is 207 g/mol. The van der Waals surface area contributed by atoms with Crippen molar-refractivity contribution in [3.05, 3.63) is 23.9 Å². The summed E-state index contributed by atoms with van der Waals surface area (Å²) in [6.07, 6.45) is 2.39. The van der Waals surface area contributed by atoms with Crippen molar-refractivity contribution in [3.8, 4) is 5.88 Å². The molecule has 2 rings (SSSR count). The van der Waals surface area contributed by atoms with Crippen molar-refractivity contribution in [2.75, 3.05) is 13.7 Å². The van der Waals surface area contributed by atoms with Gasteiger partial charge in [-0.1, -0.05) is 0 Å². The molecule has 1 saturated heterocycles. The van der Waals surface area contributed by atoms with E-state index in [0.717, 1.165) is 5.56 Å². The number of aromatic nitrogens is 1. The maximum atomic E-state index is 11.3. The van der Waals surface area contributed by atoms with Crippen LogP contribution < -0.4 is 4.74 Å². The van der Waals surface area contributed by atoms with E-state index in [2.05, 4.69) is 4.98 Å². The number of hydrogen-bond acceptors (Lipinski definition) is 4. The minimum absolute atomic E-state index is 0.199. The lowest BCUT2D eigenvalue weighted by atomic mass is 10.0. The summed E-state index contributed by atoms with van der Waals surface area (Å²) >= 11 is 0. The lowest BCUT2D eigenvalue weighted by molar-refractivity contribution is -0.128. The number of ether oxygens (including phenoxy) is 2. The van der Waals surface area contributed by atoms with E-state index in [4.69, 9.17) is 9.47 Å². The fraction of sp³-hybridized carbons (Fsp3) is 0.455. The minimum atomic E-state index is -0.199. The van der Waals surface area contributed by atoms with E-state index < -0.39 is 0 Å². The second-order valence-electron chi connectivity index (χ2n) is 3.45. The second-order valence-corrected chi connectivity index (χ2v) is 3.45. The quantitative estimate of drug-likeness (QED) is 0.737. The predicted molar refractivity (Wildman–Crippen MR) is 53.7 cm³/mol. The molecule has 4 nitrogen and oxygen atoms in total. The maximum Gasteiger partial charge on any atom is 0.218 e. The molecule has 0 N–H and O–H groups in total. The first-order valence-electron chi connectivity index (χ1n) is 4.93. The number of carbonyl (C=O) groups is 1. The first-order valence-corrected chi connectivity index (χ1v) is 4.93. The van der Waals surface area contributed by atoms with Crippen LogP contribution in [0.25, 0.3) is 0 Å². The van der Waals surface area contributed by atoms with Crippen molar-refractivity contribution in [2.24, 2.45) is 0 Å². The highest BCUT2D eigenvalue weighted by Gasteiger charge is 2.24.